The molecular weight excluding hydrogens is 390 g/mol. The van der Waals surface area contributed by atoms with Crippen molar-refractivity contribution >= 4 is 22.6 Å². The second-order valence-corrected chi connectivity index (χ2v) is 9.55. The Kier molecular flexibility index (Phi) is 3.87. The Morgan fingerprint density at radius 2 is 1.59 bits per heavy atom. The molecule has 0 saturated heterocycles. The predicted molar refractivity (Wildman–Crippen MR) is 129 cm³/mol. The molecule has 1 aliphatic heterocycles. The van der Waals surface area contributed by atoms with Gasteiger partial charge in [0, 0.05) is 28.1 Å². The lowest BCUT2D eigenvalue weighted by molar-refractivity contribution is 0.144. The minimum absolute atomic E-state index is 0.0130. The van der Waals surface area contributed by atoms with E-state index < -0.39 is 0 Å². The van der Waals surface area contributed by atoms with Crippen LogP contribution in [0.2, 0.25) is 0 Å². The van der Waals surface area contributed by atoms with Crippen LogP contribution in [0.4, 0.5) is 0 Å². The third kappa shape index (κ3) is 2.82. The fraction of sp³-hybridized carbons (Fsp3) is 0.233. The molecule has 2 heteroatoms. The molecule has 0 bridgehead atoms. The zero-order valence-corrected chi connectivity index (χ0v) is 18.0. The van der Waals surface area contributed by atoms with Gasteiger partial charge in [-0.15, -0.1) is 0 Å². The van der Waals surface area contributed by atoms with Crippen molar-refractivity contribution in [2.45, 2.75) is 43.1 Å². The second kappa shape index (κ2) is 6.80. The second-order valence-electron chi connectivity index (χ2n) is 9.55. The van der Waals surface area contributed by atoms with Gasteiger partial charge in [-0.2, -0.15) is 0 Å². The molecule has 2 nitrogen and oxygen atoms in total. The lowest BCUT2D eigenvalue weighted by Crippen LogP contribution is -2.20. The molecule has 1 atom stereocenters. The average molecular weight is 416 g/mol. The highest BCUT2D eigenvalue weighted by atomic mass is 16.5. The van der Waals surface area contributed by atoms with Crippen LogP contribution in [0.1, 0.15) is 65.8 Å². The Labute approximate surface area is 188 Å². The van der Waals surface area contributed by atoms with E-state index in [1.165, 1.54) is 51.7 Å². The Morgan fingerprint density at radius 3 is 2.41 bits per heavy atom. The summed E-state index contributed by atoms with van der Waals surface area (Å²) in [4.78, 5) is 5.32. The lowest BCUT2D eigenvalue weighted by atomic mass is 9.86. The molecule has 0 N–H and O–H groups in total. The zero-order chi connectivity index (χ0) is 21.1. The van der Waals surface area contributed by atoms with Crippen LogP contribution in [-0.4, -0.2) is 4.98 Å². The Hall–Kier alpha value is -3.39. The topological polar surface area (TPSA) is 22.1 Å². The minimum atomic E-state index is -0.0487. The van der Waals surface area contributed by atoms with E-state index in [1.54, 1.807) is 0 Å². The van der Waals surface area contributed by atoms with Crippen LogP contribution in [0.25, 0.3) is 22.6 Å². The summed E-state index contributed by atoms with van der Waals surface area (Å²) in [6, 6.07) is 30.3. The molecule has 0 amide bonds. The first kappa shape index (κ1) is 18.2. The predicted octanol–water partition coefficient (Wildman–Crippen LogP) is 7.41. The van der Waals surface area contributed by atoms with Gasteiger partial charge in [-0.05, 0) is 48.8 Å². The Morgan fingerprint density at radius 1 is 0.844 bits per heavy atom. The third-order valence-electron chi connectivity index (χ3n) is 7.37. The monoisotopic (exact) mass is 415 g/mol. The van der Waals surface area contributed by atoms with Crippen LogP contribution in [0.3, 0.4) is 0 Å². The summed E-state index contributed by atoms with van der Waals surface area (Å²) < 4.78 is 6.80. The van der Waals surface area contributed by atoms with E-state index in [1.807, 2.05) is 0 Å². The normalized spacial score (nSPS) is 22.0. The summed E-state index contributed by atoms with van der Waals surface area (Å²) in [5, 5.41) is 2.60. The van der Waals surface area contributed by atoms with Crippen molar-refractivity contribution in [1.29, 1.82) is 0 Å². The molecular formula is C30H25NO. The largest absolute Gasteiger partial charge is 0.484 e. The number of hydrogen-bond acceptors (Lipinski definition) is 2. The Bertz CT molecular complexity index is 1360. The fourth-order valence-corrected chi connectivity index (χ4v) is 5.37. The first-order valence-corrected chi connectivity index (χ1v) is 11.7. The van der Waals surface area contributed by atoms with Crippen molar-refractivity contribution in [2.75, 3.05) is 0 Å². The molecule has 7 rings (SSSR count). The van der Waals surface area contributed by atoms with E-state index in [4.69, 9.17) is 9.72 Å². The Balaban J connectivity index is 1.38. The van der Waals surface area contributed by atoms with E-state index in [0.717, 1.165) is 18.6 Å². The zero-order valence-electron chi connectivity index (χ0n) is 18.0. The summed E-state index contributed by atoms with van der Waals surface area (Å²) >= 11 is 0. The molecule has 2 fully saturated rings. The number of fused-ring (bicyclic) bond motifs is 2. The molecule has 2 aliphatic carbocycles. The maximum atomic E-state index is 6.80. The first-order chi connectivity index (χ1) is 15.8. The number of aromatic nitrogens is 1. The molecule has 2 heterocycles. The number of pyridine rings is 1. The fourth-order valence-electron chi connectivity index (χ4n) is 5.37. The van der Waals surface area contributed by atoms with Crippen molar-refractivity contribution < 1.29 is 4.74 Å². The lowest BCUT2D eigenvalue weighted by Gasteiger charge is -2.25. The summed E-state index contributed by atoms with van der Waals surface area (Å²) in [5.41, 5.74) is 6.16. The summed E-state index contributed by atoms with van der Waals surface area (Å²) in [6.07, 6.45) is 6.97. The van der Waals surface area contributed by atoms with Crippen LogP contribution in [0.5, 0.6) is 0 Å². The van der Waals surface area contributed by atoms with Gasteiger partial charge in [-0.25, -0.2) is 0 Å². The quantitative estimate of drug-likeness (QED) is 0.346. The van der Waals surface area contributed by atoms with E-state index in [9.17, 15) is 0 Å². The number of ether oxygens (including phenoxy) is 1. The molecule has 0 radical (unpaired) electrons. The van der Waals surface area contributed by atoms with Gasteiger partial charge in [0.1, 0.15) is 11.9 Å². The standard InChI is InChI=1S/C30H25NO/c1-2-8-20(9-3-1)18-27-24-12-6-7-13-25(24)29(32-27)30(16-17-30)28-23-11-5-4-10-22(23)19-26(31-28)21-14-15-21/h1-13,18-19,21,29H,14-17H2/b27-18+. The summed E-state index contributed by atoms with van der Waals surface area (Å²) in [6.45, 7) is 0. The van der Waals surface area contributed by atoms with Crippen LogP contribution in [0, 0.1) is 0 Å². The van der Waals surface area contributed by atoms with Gasteiger partial charge in [0.25, 0.3) is 0 Å². The van der Waals surface area contributed by atoms with Gasteiger partial charge in [-0.1, -0.05) is 78.9 Å². The van der Waals surface area contributed by atoms with Gasteiger partial charge in [0.05, 0.1) is 11.1 Å². The molecule has 4 aromatic rings. The van der Waals surface area contributed by atoms with Crippen molar-refractivity contribution in [2.24, 2.45) is 0 Å². The number of benzene rings is 3. The van der Waals surface area contributed by atoms with Crippen LogP contribution in [0.15, 0.2) is 84.9 Å². The van der Waals surface area contributed by atoms with Gasteiger partial charge >= 0.3 is 0 Å². The number of nitrogens with zero attached hydrogens (tertiary/aromatic N) is 1. The van der Waals surface area contributed by atoms with E-state index in [0.29, 0.717) is 5.92 Å². The highest BCUT2D eigenvalue weighted by Crippen LogP contribution is 2.62. The molecule has 1 unspecified atom stereocenters. The maximum absolute atomic E-state index is 6.80. The molecule has 32 heavy (non-hydrogen) atoms. The molecule has 0 spiro atoms. The van der Waals surface area contributed by atoms with Crippen LogP contribution < -0.4 is 0 Å². The van der Waals surface area contributed by atoms with Gasteiger partial charge in [0.15, 0.2) is 0 Å². The summed E-state index contributed by atoms with van der Waals surface area (Å²) in [7, 11) is 0. The smallest absolute Gasteiger partial charge is 0.136 e. The van der Waals surface area contributed by atoms with E-state index >= 15 is 0 Å². The molecule has 156 valence electrons. The van der Waals surface area contributed by atoms with Crippen molar-refractivity contribution in [3.05, 3.63) is 113 Å². The van der Waals surface area contributed by atoms with Crippen LogP contribution in [-0.2, 0) is 10.2 Å². The average Bonchev–Trinajstić information content (AvgIpc) is 3.78. The SMILES string of the molecule is C(=C1\OC(C2(c3nc(C4CC4)cc4ccccc34)CC2)c2ccccc21)/c1ccccc1. The third-order valence-corrected chi connectivity index (χ3v) is 7.37. The van der Waals surface area contributed by atoms with E-state index in [-0.39, 0.29) is 11.5 Å². The van der Waals surface area contributed by atoms with Gasteiger partial charge in [-0.3, -0.25) is 4.98 Å². The first-order valence-electron chi connectivity index (χ1n) is 11.7. The van der Waals surface area contributed by atoms with E-state index in [2.05, 4.69) is 91.0 Å². The van der Waals surface area contributed by atoms with Crippen molar-refractivity contribution in [3.8, 4) is 0 Å². The van der Waals surface area contributed by atoms with Gasteiger partial charge < -0.3 is 4.74 Å². The molecule has 2 saturated carbocycles. The highest BCUT2D eigenvalue weighted by Gasteiger charge is 2.57. The molecule has 3 aromatic carbocycles. The van der Waals surface area contributed by atoms with Crippen LogP contribution >= 0.6 is 0 Å². The molecule has 1 aromatic heterocycles. The van der Waals surface area contributed by atoms with Gasteiger partial charge in [0.2, 0.25) is 0 Å². The van der Waals surface area contributed by atoms with Crippen molar-refractivity contribution in [1.82, 2.24) is 4.98 Å². The minimum Gasteiger partial charge on any atom is -0.484 e. The van der Waals surface area contributed by atoms with Crippen molar-refractivity contribution in [3.63, 3.8) is 0 Å². The molecule has 3 aliphatic rings. The maximum Gasteiger partial charge on any atom is 0.136 e. The highest BCUT2D eigenvalue weighted by molar-refractivity contribution is 5.87. The summed E-state index contributed by atoms with van der Waals surface area (Å²) in [5.74, 6) is 1.62. The number of hydrogen-bond donors (Lipinski definition) is 0. The number of rotatable bonds is 4.